The summed E-state index contributed by atoms with van der Waals surface area (Å²) in [5.41, 5.74) is 1.60. The van der Waals surface area contributed by atoms with Crippen molar-refractivity contribution in [2.24, 2.45) is 0 Å². The van der Waals surface area contributed by atoms with Crippen LogP contribution >= 0.6 is 11.8 Å². The maximum atomic E-state index is 12.7. The topological polar surface area (TPSA) is 58.2 Å². The van der Waals surface area contributed by atoms with E-state index in [0.717, 1.165) is 33.5 Å². The number of nitrogens with one attached hydrogen (secondary N) is 2. The molecule has 0 bridgehead atoms. The zero-order valence-electron chi connectivity index (χ0n) is 16.1. The maximum absolute atomic E-state index is 12.7. The van der Waals surface area contributed by atoms with E-state index in [2.05, 4.69) is 10.6 Å². The summed E-state index contributed by atoms with van der Waals surface area (Å²) in [5.74, 6) is -0.0209. The van der Waals surface area contributed by atoms with Gasteiger partial charge < -0.3 is 10.6 Å². The average molecular weight is 393 g/mol. The van der Waals surface area contributed by atoms with Crippen LogP contribution in [-0.2, 0) is 9.59 Å². The Morgan fingerprint density at radius 2 is 1.64 bits per heavy atom. The van der Waals surface area contributed by atoms with Gasteiger partial charge >= 0.3 is 0 Å². The second-order valence-corrected chi connectivity index (χ2v) is 8.01. The van der Waals surface area contributed by atoms with Crippen LogP contribution in [0.1, 0.15) is 26.7 Å². The molecule has 0 aliphatic heterocycles. The van der Waals surface area contributed by atoms with E-state index in [9.17, 15) is 9.59 Å². The second kappa shape index (κ2) is 9.42. The van der Waals surface area contributed by atoms with Gasteiger partial charge in [0.15, 0.2) is 0 Å². The number of fused-ring (bicyclic) bond motifs is 1. The van der Waals surface area contributed by atoms with Crippen LogP contribution in [0.25, 0.3) is 10.8 Å². The zero-order valence-corrected chi connectivity index (χ0v) is 16.9. The smallest absolute Gasteiger partial charge is 0.237 e. The fourth-order valence-electron chi connectivity index (χ4n) is 2.89. The van der Waals surface area contributed by atoms with Crippen LogP contribution in [-0.4, -0.2) is 17.1 Å². The molecule has 4 nitrogen and oxygen atoms in total. The highest BCUT2D eigenvalue weighted by molar-refractivity contribution is 8.00. The average Bonchev–Trinajstić information content (AvgIpc) is 2.70. The van der Waals surface area contributed by atoms with Crippen molar-refractivity contribution in [3.05, 3.63) is 66.7 Å². The van der Waals surface area contributed by atoms with Gasteiger partial charge in [0.2, 0.25) is 11.8 Å². The third-order valence-corrected chi connectivity index (χ3v) is 5.46. The highest BCUT2D eigenvalue weighted by atomic mass is 32.2. The van der Waals surface area contributed by atoms with Crippen molar-refractivity contribution in [2.45, 2.75) is 36.8 Å². The molecule has 1 atom stereocenters. The van der Waals surface area contributed by atoms with Gasteiger partial charge in [0.1, 0.15) is 0 Å². The highest BCUT2D eigenvalue weighted by Crippen LogP contribution is 2.27. The minimum absolute atomic E-state index is 0.0192. The second-order valence-electron chi connectivity index (χ2n) is 6.60. The Hall–Kier alpha value is -2.79. The molecule has 0 radical (unpaired) electrons. The van der Waals surface area contributed by atoms with Crippen molar-refractivity contribution < 1.29 is 9.59 Å². The van der Waals surface area contributed by atoms with Crippen molar-refractivity contribution in [3.63, 3.8) is 0 Å². The van der Waals surface area contributed by atoms with Crippen LogP contribution in [0.5, 0.6) is 0 Å². The van der Waals surface area contributed by atoms with E-state index in [-0.39, 0.29) is 17.1 Å². The van der Waals surface area contributed by atoms with Crippen molar-refractivity contribution in [2.75, 3.05) is 10.6 Å². The molecule has 28 heavy (non-hydrogen) atoms. The standard InChI is InChI=1S/C23H24N2O2S/c1-3-7-22(26)24-18-12-14-19(15-13-18)28-16(2)23(27)25-21-11-6-9-17-8-4-5-10-20(17)21/h4-6,8-16H,3,7H2,1-2H3,(H,24,26)(H,25,27). The SMILES string of the molecule is CCCC(=O)Nc1ccc(SC(C)C(=O)Nc2cccc3ccccc23)cc1. The van der Waals surface area contributed by atoms with Gasteiger partial charge in [-0.1, -0.05) is 43.3 Å². The van der Waals surface area contributed by atoms with Gasteiger partial charge in [-0.05, 0) is 49.1 Å². The number of anilines is 2. The summed E-state index contributed by atoms with van der Waals surface area (Å²) in [4.78, 5) is 25.3. The first-order chi connectivity index (χ1) is 13.6. The van der Waals surface area contributed by atoms with Gasteiger partial charge in [0.05, 0.1) is 5.25 Å². The lowest BCUT2D eigenvalue weighted by Gasteiger charge is -2.14. The third-order valence-electron chi connectivity index (χ3n) is 4.34. The fraction of sp³-hybridized carbons (Fsp3) is 0.217. The Labute approximate surface area is 169 Å². The number of thioether (sulfide) groups is 1. The first kappa shape index (κ1) is 20.0. The molecular weight excluding hydrogens is 368 g/mol. The summed E-state index contributed by atoms with van der Waals surface area (Å²) < 4.78 is 0. The molecule has 0 aliphatic carbocycles. The summed E-state index contributed by atoms with van der Waals surface area (Å²) >= 11 is 1.49. The molecule has 3 rings (SSSR count). The molecule has 0 aromatic heterocycles. The van der Waals surface area contributed by atoms with Crippen LogP contribution in [0.15, 0.2) is 71.6 Å². The predicted octanol–water partition coefficient (Wildman–Crippen LogP) is 5.70. The number of carbonyl (C=O) groups is 2. The first-order valence-electron chi connectivity index (χ1n) is 9.42. The molecule has 0 fully saturated rings. The Morgan fingerprint density at radius 3 is 2.39 bits per heavy atom. The molecule has 144 valence electrons. The minimum Gasteiger partial charge on any atom is -0.326 e. The molecule has 0 spiro atoms. The van der Waals surface area contributed by atoms with E-state index >= 15 is 0 Å². The van der Waals surface area contributed by atoms with Crippen LogP contribution in [0, 0.1) is 0 Å². The van der Waals surface area contributed by atoms with Gasteiger partial charge in [-0.25, -0.2) is 0 Å². The van der Waals surface area contributed by atoms with Crippen LogP contribution in [0.4, 0.5) is 11.4 Å². The van der Waals surface area contributed by atoms with Crippen LogP contribution < -0.4 is 10.6 Å². The number of rotatable bonds is 7. The first-order valence-corrected chi connectivity index (χ1v) is 10.3. The Morgan fingerprint density at radius 1 is 0.929 bits per heavy atom. The largest absolute Gasteiger partial charge is 0.326 e. The fourth-order valence-corrected chi connectivity index (χ4v) is 3.76. The quantitative estimate of drug-likeness (QED) is 0.507. The Kier molecular flexibility index (Phi) is 6.71. The van der Waals surface area contributed by atoms with Crippen LogP contribution in [0.2, 0.25) is 0 Å². The molecular formula is C23H24N2O2S. The van der Waals surface area contributed by atoms with Crippen LogP contribution in [0.3, 0.4) is 0 Å². The summed E-state index contributed by atoms with van der Waals surface area (Å²) in [7, 11) is 0. The van der Waals surface area contributed by atoms with E-state index in [0.29, 0.717) is 6.42 Å². The summed E-state index contributed by atoms with van der Waals surface area (Å²) in [6.07, 6.45) is 1.34. The number of benzene rings is 3. The third kappa shape index (κ3) is 5.14. The molecule has 3 aromatic rings. The predicted molar refractivity (Wildman–Crippen MR) is 118 cm³/mol. The molecule has 2 amide bonds. The Bertz CT molecular complexity index is 965. The number of amides is 2. The summed E-state index contributed by atoms with van der Waals surface area (Å²) in [6, 6.07) is 21.5. The molecule has 2 N–H and O–H groups in total. The van der Waals surface area contributed by atoms with Gasteiger partial charge in [0.25, 0.3) is 0 Å². The van der Waals surface area contributed by atoms with Gasteiger partial charge in [-0.15, -0.1) is 11.8 Å². The lowest BCUT2D eigenvalue weighted by molar-refractivity contribution is -0.116. The van der Waals surface area contributed by atoms with Crippen molar-refractivity contribution >= 4 is 45.7 Å². The van der Waals surface area contributed by atoms with Gasteiger partial charge in [0, 0.05) is 28.1 Å². The number of hydrogen-bond donors (Lipinski definition) is 2. The molecule has 0 saturated carbocycles. The van der Waals surface area contributed by atoms with Gasteiger partial charge in [-0.2, -0.15) is 0 Å². The summed E-state index contributed by atoms with van der Waals surface area (Å²) in [6.45, 7) is 3.87. The highest BCUT2D eigenvalue weighted by Gasteiger charge is 2.15. The van der Waals surface area contributed by atoms with Crippen molar-refractivity contribution in [1.29, 1.82) is 0 Å². The molecule has 5 heteroatoms. The van der Waals surface area contributed by atoms with Gasteiger partial charge in [-0.3, -0.25) is 9.59 Å². The van der Waals surface area contributed by atoms with E-state index < -0.39 is 0 Å². The zero-order chi connectivity index (χ0) is 19.9. The number of hydrogen-bond acceptors (Lipinski definition) is 3. The molecule has 1 unspecified atom stereocenters. The number of carbonyl (C=O) groups excluding carboxylic acids is 2. The lowest BCUT2D eigenvalue weighted by Crippen LogP contribution is -2.22. The van der Waals surface area contributed by atoms with E-state index in [1.165, 1.54) is 11.8 Å². The normalized spacial score (nSPS) is 11.8. The monoisotopic (exact) mass is 392 g/mol. The maximum Gasteiger partial charge on any atom is 0.237 e. The molecule has 0 saturated heterocycles. The summed E-state index contributed by atoms with van der Waals surface area (Å²) in [5, 5.41) is 7.79. The van der Waals surface area contributed by atoms with E-state index in [1.807, 2.05) is 80.6 Å². The molecule has 3 aromatic carbocycles. The van der Waals surface area contributed by atoms with E-state index in [4.69, 9.17) is 0 Å². The van der Waals surface area contributed by atoms with Crippen molar-refractivity contribution in [1.82, 2.24) is 0 Å². The van der Waals surface area contributed by atoms with E-state index in [1.54, 1.807) is 0 Å². The van der Waals surface area contributed by atoms with Crippen molar-refractivity contribution in [3.8, 4) is 0 Å². The molecule has 0 heterocycles. The Balaban J connectivity index is 1.61. The minimum atomic E-state index is -0.250. The molecule has 0 aliphatic rings. The lowest BCUT2D eigenvalue weighted by atomic mass is 10.1.